The number of rotatable bonds is 9. The first-order valence-corrected chi connectivity index (χ1v) is 16.0. The minimum Gasteiger partial charge on any atom is -0.464 e. The van der Waals surface area contributed by atoms with Gasteiger partial charge < -0.3 is 43.1 Å². The molecule has 2 aliphatic carbocycles. The molecule has 2 saturated carbocycles. The van der Waals surface area contributed by atoms with E-state index in [2.05, 4.69) is 0 Å². The van der Waals surface area contributed by atoms with E-state index in [-0.39, 0.29) is 11.3 Å². The van der Waals surface area contributed by atoms with Crippen LogP contribution >= 0.6 is 0 Å². The van der Waals surface area contributed by atoms with Crippen LogP contribution in [0.3, 0.4) is 0 Å². The second-order valence-corrected chi connectivity index (χ2v) is 13.9. The Bertz CT molecular complexity index is 1580. The first-order valence-electron chi connectivity index (χ1n) is 16.0. The van der Waals surface area contributed by atoms with Gasteiger partial charge in [0.1, 0.15) is 29.8 Å². The van der Waals surface area contributed by atoms with Gasteiger partial charge in [-0.05, 0) is 45.0 Å². The summed E-state index contributed by atoms with van der Waals surface area (Å²) in [7, 11) is 0. The lowest BCUT2D eigenvalue weighted by molar-refractivity contribution is -0.362. The van der Waals surface area contributed by atoms with E-state index < -0.39 is 107 Å². The van der Waals surface area contributed by atoms with Crippen molar-refractivity contribution in [2.24, 2.45) is 17.3 Å². The Hall–Kier alpha value is -4.27. The minimum atomic E-state index is -2.30. The molecule has 1 aliphatic heterocycles. The van der Waals surface area contributed by atoms with Gasteiger partial charge >= 0.3 is 29.8 Å². The van der Waals surface area contributed by atoms with Crippen molar-refractivity contribution in [1.29, 1.82) is 0 Å². The van der Waals surface area contributed by atoms with Crippen molar-refractivity contribution in [3.63, 3.8) is 0 Å². The third-order valence-electron chi connectivity index (χ3n) is 9.82. The van der Waals surface area contributed by atoms with E-state index >= 15 is 0 Å². The summed E-state index contributed by atoms with van der Waals surface area (Å²) in [4.78, 5) is 66.2. The Balaban J connectivity index is 1.85. The standard InChI is InChI=1S/C35H42O14/c1-18(2)29(39)44-17-34-27(46-20(4)37)23(45-19(3)36)16-33(7,42)35(34)26(38)24(32(5,6)49-35)25(47-31(41)22-14-11-15-43-22)28(34)48-30(40)21-12-9-8-10-13-21/h8-15,18,23-28,38,42H,16-17H2,1-7H3/t23-,24-,25-,26+,27-,28+,33-,34-,35+/m0/s1. The molecule has 1 saturated heterocycles. The van der Waals surface area contributed by atoms with Crippen LogP contribution in [0, 0.1) is 17.3 Å². The lowest BCUT2D eigenvalue weighted by Crippen LogP contribution is -2.85. The highest BCUT2D eigenvalue weighted by atomic mass is 16.6. The zero-order valence-corrected chi connectivity index (χ0v) is 28.4. The first-order chi connectivity index (χ1) is 22.9. The summed E-state index contributed by atoms with van der Waals surface area (Å²) in [6, 6.07) is 10.6. The van der Waals surface area contributed by atoms with Crippen molar-refractivity contribution in [2.75, 3.05) is 6.61 Å². The number of carbonyl (C=O) groups excluding carboxylic acids is 5. The summed E-state index contributed by atoms with van der Waals surface area (Å²) in [5.74, 6) is -6.50. The molecule has 2 aromatic rings. The predicted octanol–water partition coefficient (Wildman–Crippen LogP) is 2.77. The van der Waals surface area contributed by atoms with Gasteiger partial charge in [-0.25, -0.2) is 9.59 Å². The van der Waals surface area contributed by atoms with Crippen molar-refractivity contribution < 1.29 is 67.0 Å². The maximum atomic E-state index is 14.0. The highest BCUT2D eigenvalue weighted by Crippen LogP contribution is 2.69. The third-order valence-corrected chi connectivity index (χ3v) is 9.82. The number of carbonyl (C=O) groups is 5. The zero-order chi connectivity index (χ0) is 36.1. The molecular weight excluding hydrogens is 644 g/mol. The summed E-state index contributed by atoms with van der Waals surface area (Å²) in [6.07, 6.45) is -7.50. The van der Waals surface area contributed by atoms with E-state index in [9.17, 15) is 34.2 Å². The number of fused-ring (bicyclic) bond motifs is 1. The smallest absolute Gasteiger partial charge is 0.374 e. The molecule has 3 aliphatic rings. The van der Waals surface area contributed by atoms with Crippen LogP contribution in [-0.4, -0.2) is 94.0 Å². The Kier molecular flexibility index (Phi) is 9.47. The molecular formula is C35H42O14. The lowest BCUT2D eigenvalue weighted by Gasteiger charge is -2.66. The molecule has 2 N–H and O–H groups in total. The quantitative estimate of drug-likeness (QED) is 0.289. The number of hydrogen-bond acceptors (Lipinski definition) is 14. The van der Waals surface area contributed by atoms with Gasteiger partial charge in [-0.15, -0.1) is 0 Å². The third kappa shape index (κ3) is 5.89. The molecule has 14 heteroatoms. The molecule has 1 aromatic carbocycles. The topological polar surface area (TPSA) is 194 Å². The van der Waals surface area contributed by atoms with E-state index in [0.29, 0.717) is 0 Å². The van der Waals surface area contributed by atoms with Crippen molar-refractivity contribution in [3.8, 4) is 0 Å². The fourth-order valence-corrected chi connectivity index (χ4v) is 8.05. The molecule has 2 bridgehead atoms. The largest absolute Gasteiger partial charge is 0.464 e. The second-order valence-electron chi connectivity index (χ2n) is 13.9. The maximum absolute atomic E-state index is 14.0. The van der Waals surface area contributed by atoms with Gasteiger partial charge in [-0.1, -0.05) is 32.0 Å². The maximum Gasteiger partial charge on any atom is 0.374 e. The highest BCUT2D eigenvalue weighted by molar-refractivity contribution is 5.90. The van der Waals surface area contributed by atoms with Crippen molar-refractivity contribution in [2.45, 2.75) is 102 Å². The summed E-state index contributed by atoms with van der Waals surface area (Å²) in [6.45, 7) is 9.02. The van der Waals surface area contributed by atoms with Gasteiger partial charge in [-0.2, -0.15) is 0 Å². The van der Waals surface area contributed by atoms with Crippen molar-refractivity contribution in [3.05, 3.63) is 60.1 Å². The van der Waals surface area contributed by atoms with Crippen LogP contribution in [0.25, 0.3) is 0 Å². The van der Waals surface area contributed by atoms with Crippen LogP contribution in [0.1, 0.15) is 75.8 Å². The number of aliphatic hydroxyl groups is 2. The molecule has 0 amide bonds. The normalized spacial score (nSPS) is 34.3. The van der Waals surface area contributed by atoms with Gasteiger partial charge in [0.25, 0.3) is 0 Å². The number of aliphatic hydroxyl groups excluding tert-OH is 1. The van der Waals surface area contributed by atoms with Crippen LogP contribution in [0.4, 0.5) is 0 Å². The average Bonchev–Trinajstić information content (AvgIpc) is 3.61. The summed E-state index contributed by atoms with van der Waals surface area (Å²) in [5, 5.41) is 25.0. The van der Waals surface area contributed by atoms with Crippen LogP contribution in [-0.2, 0) is 42.8 Å². The molecule has 5 rings (SSSR count). The predicted molar refractivity (Wildman–Crippen MR) is 166 cm³/mol. The molecule has 2 heterocycles. The minimum absolute atomic E-state index is 0.0729. The summed E-state index contributed by atoms with van der Waals surface area (Å²) < 4.78 is 41.8. The van der Waals surface area contributed by atoms with Gasteiger partial charge in [0, 0.05) is 20.3 Å². The fourth-order valence-electron chi connectivity index (χ4n) is 8.05. The first kappa shape index (κ1) is 36.0. The molecule has 1 aromatic heterocycles. The molecule has 0 radical (unpaired) electrons. The van der Waals surface area contributed by atoms with Crippen LogP contribution in [0.2, 0.25) is 0 Å². The molecule has 3 fully saturated rings. The van der Waals surface area contributed by atoms with E-state index in [1.807, 2.05) is 0 Å². The average molecular weight is 687 g/mol. The van der Waals surface area contributed by atoms with E-state index in [4.69, 9.17) is 32.8 Å². The van der Waals surface area contributed by atoms with E-state index in [1.165, 1.54) is 37.5 Å². The number of esters is 5. The highest BCUT2D eigenvalue weighted by Gasteiger charge is 2.88. The molecule has 14 nitrogen and oxygen atoms in total. The molecule has 9 atom stereocenters. The molecule has 49 heavy (non-hydrogen) atoms. The number of furan rings is 1. The summed E-state index contributed by atoms with van der Waals surface area (Å²) in [5.41, 5.74) is -8.10. The number of hydrogen-bond donors (Lipinski definition) is 2. The van der Waals surface area contributed by atoms with E-state index in [0.717, 1.165) is 13.8 Å². The Morgan fingerprint density at radius 2 is 1.53 bits per heavy atom. The molecule has 266 valence electrons. The van der Waals surface area contributed by atoms with Crippen LogP contribution in [0.15, 0.2) is 53.1 Å². The lowest BCUT2D eigenvalue weighted by atomic mass is 9.45. The Labute approximate surface area is 282 Å². The SMILES string of the molecule is CC(=O)O[C@H]1C[C@](C)(O)[C@@]23OC(C)(C)[C@@H]([C@H](OC(=O)c4ccco4)[C@@H](OC(=O)c4ccccc4)[C@]2(COC(=O)C(C)C)[C@H]1OC(C)=O)[C@H]3O. The van der Waals surface area contributed by atoms with Gasteiger partial charge in [0.2, 0.25) is 5.76 Å². The molecule has 0 unspecified atom stereocenters. The van der Waals surface area contributed by atoms with Gasteiger partial charge in [0.15, 0.2) is 12.2 Å². The zero-order valence-electron chi connectivity index (χ0n) is 28.4. The van der Waals surface area contributed by atoms with Gasteiger partial charge in [0.05, 0.1) is 41.0 Å². The fraction of sp³-hybridized carbons (Fsp3) is 0.571. The van der Waals surface area contributed by atoms with E-state index in [1.54, 1.807) is 45.9 Å². The molecule has 1 spiro atoms. The number of ether oxygens (including phenoxy) is 6. The van der Waals surface area contributed by atoms with Crippen molar-refractivity contribution >= 4 is 29.8 Å². The van der Waals surface area contributed by atoms with Crippen molar-refractivity contribution in [1.82, 2.24) is 0 Å². The summed E-state index contributed by atoms with van der Waals surface area (Å²) >= 11 is 0. The second kappa shape index (κ2) is 12.9. The van der Waals surface area contributed by atoms with Crippen LogP contribution < -0.4 is 0 Å². The monoisotopic (exact) mass is 686 g/mol. The van der Waals surface area contributed by atoms with Gasteiger partial charge in [-0.3, -0.25) is 14.4 Å². The Morgan fingerprint density at radius 3 is 2.10 bits per heavy atom. The number of benzene rings is 1. The van der Waals surface area contributed by atoms with Crippen LogP contribution in [0.5, 0.6) is 0 Å². The Morgan fingerprint density at radius 1 is 0.878 bits per heavy atom.